The minimum absolute atomic E-state index is 0.120. The van der Waals surface area contributed by atoms with Crippen molar-refractivity contribution in [2.75, 3.05) is 0 Å². The van der Waals surface area contributed by atoms with Gasteiger partial charge in [-0.1, -0.05) is 0 Å². The fourth-order valence-electron chi connectivity index (χ4n) is 2.49. The monoisotopic (exact) mass is 250 g/mol. The molecule has 3 N–H and O–H groups in total. The number of hydrogen-bond acceptors (Lipinski definition) is 3. The Bertz CT molecular complexity index is 398. The normalized spacial score (nSPS) is 20.2. The molecule has 0 bridgehead atoms. The standard InChI is InChI=1S/C14H22N2O2/c1-10(15)4-2-7-14(17)16-12-5-3-6-13-11(12)8-9-18-13/h8-10,12H,2-7,15H2,1H3,(H,16,17). The van der Waals surface area contributed by atoms with Crippen molar-refractivity contribution in [2.24, 2.45) is 5.73 Å². The quantitative estimate of drug-likeness (QED) is 0.842. The summed E-state index contributed by atoms with van der Waals surface area (Å²) in [6.45, 7) is 1.97. The molecule has 1 aromatic rings. The molecule has 0 spiro atoms. The number of nitrogens with one attached hydrogen (secondary N) is 1. The molecule has 4 heteroatoms. The maximum Gasteiger partial charge on any atom is 0.220 e. The van der Waals surface area contributed by atoms with Crippen LogP contribution in [0.2, 0.25) is 0 Å². The van der Waals surface area contributed by atoms with Crippen molar-refractivity contribution in [1.82, 2.24) is 5.32 Å². The molecule has 0 aliphatic heterocycles. The zero-order valence-electron chi connectivity index (χ0n) is 10.9. The van der Waals surface area contributed by atoms with Crippen molar-refractivity contribution in [1.29, 1.82) is 0 Å². The van der Waals surface area contributed by atoms with Gasteiger partial charge in [-0.25, -0.2) is 0 Å². The van der Waals surface area contributed by atoms with Crippen LogP contribution in [-0.2, 0) is 11.2 Å². The van der Waals surface area contributed by atoms with Crippen LogP contribution in [-0.4, -0.2) is 11.9 Å². The Hall–Kier alpha value is -1.29. The predicted octanol–water partition coefficient (Wildman–Crippen LogP) is 2.29. The summed E-state index contributed by atoms with van der Waals surface area (Å²) < 4.78 is 5.41. The topological polar surface area (TPSA) is 68.3 Å². The maximum atomic E-state index is 11.8. The van der Waals surface area contributed by atoms with Crippen LogP contribution in [0.3, 0.4) is 0 Å². The molecule has 0 aromatic carbocycles. The Kier molecular flexibility index (Phi) is 4.42. The lowest BCUT2D eigenvalue weighted by atomic mass is 9.93. The molecule has 1 heterocycles. The molecule has 1 aliphatic carbocycles. The predicted molar refractivity (Wildman–Crippen MR) is 70.0 cm³/mol. The summed E-state index contributed by atoms with van der Waals surface area (Å²) in [4.78, 5) is 11.8. The van der Waals surface area contributed by atoms with Crippen molar-refractivity contribution < 1.29 is 9.21 Å². The van der Waals surface area contributed by atoms with Gasteiger partial charge in [-0.2, -0.15) is 0 Å². The summed E-state index contributed by atoms with van der Waals surface area (Å²) in [5.74, 6) is 1.15. The van der Waals surface area contributed by atoms with E-state index in [9.17, 15) is 4.79 Å². The summed E-state index contributed by atoms with van der Waals surface area (Å²) in [6, 6.07) is 2.28. The first kappa shape index (κ1) is 13.1. The fourth-order valence-corrected chi connectivity index (χ4v) is 2.49. The van der Waals surface area contributed by atoms with Gasteiger partial charge in [0, 0.05) is 24.4 Å². The van der Waals surface area contributed by atoms with Crippen LogP contribution < -0.4 is 11.1 Å². The Labute approximate surface area is 108 Å². The molecule has 0 fully saturated rings. The zero-order valence-corrected chi connectivity index (χ0v) is 10.9. The van der Waals surface area contributed by atoms with E-state index < -0.39 is 0 Å². The lowest BCUT2D eigenvalue weighted by Crippen LogP contribution is -2.30. The molecule has 18 heavy (non-hydrogen) atoms. The van der Waals surface area contributed by atoms with Crippen LogP contribution in [0.1, 0.15) is 56.4 Å². The molecule has 1 aromatic heterocycles. The zero-order chi connectivity index (χ0) is 13.0. The molecule has 0 saturated carbocycles. The van der Waals surface area contributed by atoms with Gasteiger partial charge < -0.3 is 15.5 Å². The van der Waals surface area contributed by atoms with E-state index in [2.05, 4.69) is 5.32 Å². The van der Waals surface area contributed by atoms with Crippen molar-refractivity contribution in [2.45, 2.75) is 57.5 Å². The molecule has 1 aliphatic rings. The van der Waals surface area contributed by atoms with Gasteiger partial charge in [0.05, 0.1) is 12.3 Å². The van der Waals surface area contributed by atoms with Crippen LogP contribution in [0.4, 0.5) is 0 Å². The highest BCUT2D eigenvalue weighted by molar-refractivity contribution is 5.76. The van der Waals surface area contributed by atoms with Crippen LogP contribution >= 0.6 is 0 Å². The van der Waals surface area contributed by atoms with Gasteiger partial charge >= 0.3 is 0 Å². The largest absolute Gasteiger partial charge is 0.469 e. The van der Waals surface area contributed by atoms with Crippen molar-refractivity contribution in [3.8, 4) is 0 Å². The molecule has 0 radical (unpaired) electrons. The highest BCUT2D eigenvalue weighted by Gasteiger charge is 2.23. The van der Waals surface area contributed by atoms with Crippen LogP contribution in [0, 0.1) is 0 Å². The Morgan fingerprint density at radius 3 is 3.28 bits per heavy atom. The number of carbonyl (C=O) groups excluding carboxylic acids is 1. The number of fused-ring (bicyclic) bond motifs is 1. The maximum absolute atomic E-state index is 11.8. The molecule has 2 unspecified atom stereocenters. The minimum atomic E-state index is 0.120. The molecule has 2 rings (SSSR count). The third-order valence-electron chi connectivity index (χ3n) is 3.45. The summed E-state index contributed by atoms with van der Waals surface area (Å²) in [5.41, 5.74) is 6.82. The lowest BCUT2D eigenvalue weighted by Gasteiger charge is -2.22. The van der Waals surface area contributed by atoms with Gasteiger partial charge in [0.2, 0.25) is 5.91 Å². The molecular formula is C14H22N2O2. The van der Waals surface area contributed by atoms with E-state index in [1.807, 2.05) is 13.0 Å². The Morgan fingerprint density at radius 1 is 1.67 bits per heavy atom. The molecule has 1 amide bonds. The number of furan rings is 1. The number of hydrogen-bond donors (Lipinski definition) is 2. The van der Waals surface area contributed by atoms with E-state index in [0.717, 1.165) is 43.4 Å². The smallest absolute Gasteiger partial charge is 0.220 e. The Balaban J connectivity index is 1.82. The average Bonchev–Trinajstić information content (AvgIpc) is 2.77. The number of nitrogens with two attached hydrogens (primary N) is 1. The van der Waals surface area contributed by atoms with E-state index in [4.69, 9.17) is 10.2 Å². The number of aryl methyl sites for hydroxylation is 1. The van der Waals surface area contributed by atoms with E-state index in [-0.39, 0.29) is 18.0 Å². The van der Waals surface area contributed by atoms with Crippen molar-refractivity contribution >= 4 is 5.91 Å². The second-order valence-electron chi connectivity index (χ2n) is 5.18. The molecular weight excluding hydrogens is 228 g/mol. The summed E-state index contributed by atoms with van der Waals surface area (Å²) >= 11 is 0. The SMILES string of the molecule is CC(N)CCCC(=O)NC1CCCc2occc21. The second-order valence-corrected chi connectivity index (χ2v) is 5.18. The molecule has 4 nitrogen and oxygen atoms in total. The first-order valence-corrected chi connectivity index (χ1v) is 6.78. The summed E-state index contributed by atoms with van der Waals surface area (Å²) in [6.07, 6.45) is 7.09. The first-order valence-electron chi connectivity index (χ1n) is 6.78. The molecule has 0 saturated heterocycles. The van der Waals surface area contributed by atoms with E-state index >= 15 is 0 Å². The highest BCUT2D eigenvalue weighted by Crippen LogP contribution is 2.30. The van der Waals surface area contributed by atoms with Gasteiger partial charge in [0.1, 0.15) is 5.76 Å². The summed E-state index contributed by atoms with van der Waals surface area (Å²) in [5, 5.41) is 3.10. The van der Waals surface area contributed by atoms with Crippen molar-refractivity contribution in [3.63, 3.8) is 0 Å². The van der Waals surface area contributed by atoms with Gasteiger partial charge in [-0.3, -0.25) is 4.79 Å². The molecule has 100 valence electrons. The highest BCUT2D eigenvalue weighted by atomic mass is 16.3. The lowest BCUT2D eigenvalue weighted by molar-refractivity contribution is -0.122. The third kappa shape index (κ3) is 3.35. The number of carbonyl (C=O) groups is 1. The summed E-state index contributed by atoms with van der Waals surface area (Å²) in [7, 11) is 0. The second kappa shape index (κ2) is 6.05. The van der Waals surface area contributed by atoms with E-state index in [0.29, 0.717) is 6.42 Å². The van der Waals surface area contributed by atoms with Crippen LogP contribution in [0.15, 0.2) is 16.7 Å². The number of rotatable bonds is 5. The van der Waals surface area contributed by atoms with E-state index in [1.54, 1.807) is 6.26 Å². The van der Waals surface area contributed by atoms with Crippen LogP contribution in [0.25, 0.3) is 0 Å². The van der Waals surface area contributed by atoms with Gasteiger partial charge in [0.15, 0.2) is 0 Å². The Morgan fingerprint density at radius 2 is 2.50 bits per heavy atom. The average molecular weight is 250 g/mol. The van der Waals surface area contributed by atoms with Gasteiger partial charge in [0.25, 0.3) is 0 Å². The number of amides is 1. The van der Waals surface area contributed by atoms with Crippen molar-refractivity contribution in [3.05, 3.63) is 23.7 Å². The minimum Gasteiger partial charge on any atom is -0.469 e. The molecule has 2 atom stereocenters. The third-order valence-corrected chi connectivity index (χ3v) is 3.45. The van der Waals surface area contributed by atoms with Crippen LogP contribution in [0.5, 0.6) is 0 Å². The van der Waals surface area contributed by atoms with Gasteiger partial charge in [-0.05, 0) is 38.7 Å². The van der Waals surface area contributed by atoms with E-state index in [1.165, 1.54) is 0 Å². The van der Waals surface area contributed by atoms with Gasteiger partial charge in [-0.15, -0.1) is 0 Å². The first-order chi connectivity index (χ1) is 8.66. The fraction of sp³-hybridized carbons (Fsp3) is 0.643.